The molecular weight excluding hydrogens is 404 g/mol. The van der Waals surface area contributed by atoms with Gasteiger partial charge in [-0.25, -0.2) is 13.1 Å². The Balaban J connectivity index is 2.34. The summed E-state index contributed by atoms with van der Waals surface area (Å²) >= 11 is 3.35. The van der Waals surface area contributed by atoms with Crippen molar-refractivity contribution < 1.29 is 13.2 Å². The van der Waals surface area contributed by atoms with Gasteiger partial charge in [-0.15, -0.1) is 0 Å². The molecule has 0 fully saturated rings. The predicted molar refractivity (Wildman–Crippen MR) is 103 cm³/mol. The second-order valence-electron chi connectivity index (χ2n) is 6.80. The molecule has 0 saturated carbocycles. The van der Waals surface area contributed by atoms with E-state index in [9.17, 15) is 13.2 Å². The maximum absolute atomic E-state index is 12.6. The van der Waals surface area contributed by atoms with Crippen molar-refractivity contribution in [3.05, 3.63) is 58.1 Å². The molecule has 2 aromatic rings. The van der Waals surface area contributed by atoms with E-state index in [1.807, 2.05) is 6.07 Å². The van der Waals surface area contributed by atoms with Crippen LogP contribution in [0.5, 0.6) is 0 Å². The fraction of sp³-hybridized carbons (Fsp3) is 0.278. The fourth-order valence-corrected chi connectivity index (χ4v) is 4.08. The zero-order valence-electron chi connectivity index (χ0n) is 14.6. The van der Waals surface area contributed by atoms with Crippen LogP contribution in [0.3, 0.4) is 0 Å². The molecule has 0 aliphatic rings. The van der Waals surface area contributed by atoms with E-state index >= 15 is 0 Å². The van der Waals surface area contributed by atoms with Gasteiger partial charge in [-0.05, 0) is 63.6 Å². The number of sulfonamides is 1. The highest BCUT2D eigenvalue weighted by molar-refractivity contribution is 9.10. The molecule has 0 radical (unpaired) electrons. The summed E-state index contributed by atoms with van der Waals surface area (Å²) in [6, 6.07) is 11.7. The Labute approximate surface area is 157 Å². The number of carbonyl (C=O) groups excluding carboxylic acids is 1. The minimum atomic E-state index is -3.71. The van der Waals surface area contributed by atoms with Crippen LogP contribution in [-0.4, -0.2) is 19.9 Å². The van der Waals surface area contributed by atoms with Crippen LogP contribution in [0, 0.1) is 6.92 Å². The van der Waals surface area contributed by atoms with Crippen LogP contribution < -0.4 is 10.0 Å². The summed E-state index contributed by atoms with van der Waals surface area (Å²) < 4.78 is 28.4. The fourth-order valence-electron chi connectivity index (χ4n) is 2.24. The van der Waals surface area contributed by atoms with Gasteiger partial charge in [0.25, 0.3) is 5.91 Å². The lowest BCUT2D eigenvalue weighted by Gasteiger charge is -2.20. The smallest absolute Gasteiger partial charge is 0.255 e. The Morgan fingerprint density at radius 2 is 1.76 bits per heavy atom. The number of hydrogen-bond acceptors (Lipinski definition) is 3. The molecule has 0 saturated heterocycles. The summed E-state index contributed by atoms with van der Waals surface area (Å²) in [6.07, 6.45) is 0. The molecule has 134 valence electrons. The van der Waals surface area contributed by atoms with Gasteiger partial charge < -0.3 is 5.32 Å². The molecule has 0 unspecified atom stereocenters. The average molecular weight is 425 g/mol. The standard InChI is InChI=1S/C18H21BrN2O3S/c1-12-8-9-15(25(23,24)21-18(2,3)4)11-16(12)17(22)20-14-7-5-6-13(19)10-14/h5-11,21H,1-4H3,(H,20,22). The molecule has 0 spiro atoms. The molecule has 0 aliphatic carbocycles. The zero-order valence-corrected chi connectivity index (χ0v) is 17.0. The lowest BCUT2D eigenvalue weighted by molar-refractivity contribution is 0.102. The van der Waals surface area contributed by atoms with E-state index in [0.717, 1.165) is 4.47 Å². The summed E-state index contributed by atoms with van der Waals surface area (Å²) in [6.45, 7) is 7.06. The van der Waals surface area contributed by atoms with Crippen LogP contribution in [0.25, 0.3) is 0 Å². The molecule has 2 rings (SSSR count). The first-order valence-electron chi connectivity index (χ1n) is 7.69. The third-order valence-electron chi connectivity index (χ3n) is 3.29. The van der Waals surface area contributed by atoms with Crippen molar-refractivity contribution >= 4 is 37.5 Å². The van der Waals surface area contributed by atoms with E-state index < -0.39 is 15.6 Å². The summed E-state index contributed by atoms with van der Waals surface area (Å²) in [5, 5.41) is 2.78. The summed E-state index contributed by atoms with van der Waals surface area (Å²) in [4.78, 5) is 12.6. The van der Waals surface area contributed by atoms with Crippen LogP contribution >= 0.6 is 15.9 Å². The minimum absolute atomic E-state index is 0.0624. The highest BCUT2D eigenvalue weighted by Crippen LogP contribution is 2.20. The van der Waals surface area contributed by atoms with E-state index in [-0.39, 0.29) is 10.8 Å². The Morgan fingerprint density at radius 1 is 1.08 bits per heavy atom. The van der Waals surface area contributed by atoms with Gasteiger partial charge in [-0.1, -0.05) is 28.1 Å². The molecule has 1 amide bonds. The van der Waals surface area contributed by atoms with Gasteiger partial charge in [0.2, 0.25) is 10.0 Å². The topological polar surface area (TPSA) is 75.3 Å². The lowest BCUT2D eigenvalue weighted by Crippen LogP contribution is -2.40. The highest BCUT2D eigenvalue weighted by atomic mass is 79.9. The van der Waals surface area contributed by atoms with Crippen molar-refractivity contribution in [2.24, 2.45) is 0 Å². The van der Waals surface area contributed by atoms with Crippen molar-refractivity contribution in [3.63, 3.8) is 0 Å². The minimum Gasteiger partial charge on any atom is -0.322 e. The second-order valence-corrected chi connectivity index (χ2v) is 9.39. The predicted octanol–water partition coefficient (Wildman–Crippen LogP) is 4.09. The molecule has 7 heteroatoms. The molecular formula is C18H21BrN2O3S. The van der Waals surface area contributed by atoms with Crippen LogP contribution in [0.15, 0.2) is 51.8 Å². The molecule has 2 aromatic carbocycles. The van der Waals surface area contributed by atoms with Gasteiger partial charge >= 0.3 is 0 Å². The largest absolute Gasteiger partial charge is 0.322 e. The molecule has 25 heavy (non-hydrogen) atoms. The number of anilines is 1. The average Bonchev–Trinajstić information content (AvgIpc) is 2.44. The number of aryl methyl sites for hydroxylation is 1. The lowest BCUT2D eigenvalue weighted by atomic mass is 10.1. The van der Waals surface area contributed by atoms with Gasteiger partial charge in [0.15, 0.2) is 0 Å². The first-order valence-corrected chi connectivity index (χ1v) is 9.97. The van der Waals surface area contributed by atoms with Gasteiger partial charge in [0.05, 0.1) is 4.90 Å². The zero-order chi connectivity index (χ0) is 18.8. The number of rotatable bonds is 4. The summed E-state index contributed by atoms with van der Waals surface area (Å²) in [5.74, 6) is -0.358. The second kappa shape index (κ2) is 7.27. The number of benzene rings is 2. The van der Waals surface area contributed by atoms with E-state index in [0.29, 0.717) is 16.8 Å². The third kappa shape index (κ3) is 5.39. The molecule has 5 nitrogen and oxygen atoms in total. The van der Waals surface area contributed by atoms with Gasteiger partial charge in [-0.3, -0.25) is 4.79 Å². The summed E-state index contributed by atoms with van der Waals surface area (Å²) in [5.41, 5.74) is 1.03. The first-order chi connectivity index (χ1) is 11.5. The summed E-state index contributed by atoms with van der Waals surface area (Å²) in [7, 11) is -3.71. The van der Waals surface area contributed by atoms with Crippen LogP contribution in [-0.2, 0) is 10.0 Å². The maximum atomic E-state index is 12.6. The normalized spacial score (nSPS) is 12.0. The SMILES string of the molecule is Cc1ccc(S(=O)(=O)NC(C)(C)C)cc1C(=O)Nc1cccc(Br)c1. The molecule has 0 atom stereocenters. The number of carbonyl (C=O) groups is 1. The Hall–Kier alpha value is -1.70. The van der Waals surface area contributed by atoms with Crippen molar-refractivity contribution in [1.29, 1.82) is 0 Å². The van der Waals surface area contributed by atoms with Crippen LogP contribution in [0.2, 0.25) is 0 Å². The van der Waals surface area contributed by atoms with E-state index in [4.69, 9.17) is 0 Å². The number of hydrogen-bond donors (Lipinski definition) is 2. The van der Waals surface area contributed by atoms with Crippen molar-refractivity contribution in [2.75, 3.05) is 5.32 Å². The molecule has 0 aromatic heterocycles. The molecule has 0 aliphatic heterocycles. The van der Waals surface area contributed by atoms with Crippen molar-refractivity contribution in [3.8, 4) is 0 Å². The Kier molecular flexibility index (Phi) is 5.71. The number of halogens is 1. The highest BCUT2D eigenvalue weighted by Gasteiger charge is 2.23. The number of amides is 1. The first kappa shape index (κ1) is 19.6. The van der Waals surface area contributed by atoms with Gasteiger partial charge in [0, 0.05) is 21.3 Å². The third-order valence-corrected chi connectivity index (χ3v) is 5.54. The maximum Gasteiger partial charge on any atom is 0.255 e. The van der Waals surface area contributed by atoms with Gasteiger partial charge in [0.1, 0.15) is 0 Å². The quantitative estimate of drug-likeness (QED) is 0.775. The Bertz CT molecular complexity index is 903. The monoisotopic (exact) mass is 424 g/mol. The molecule has 0 heterocycles. The molecule has 0 bridgehead atoms. The van der Waals surface area contributed by atoms with Gasteiger partial charge in [-0.2, -0.15) is 0 Å². The van der Waals surface area contributed by atoms with Crippen molar-refractivity contribution in [1.82, 2.24) is 4.72 Å². The molecule has 2 N–H and O–H groups in total. The van der Waals surface area contributed by atoms with Crippen molar-refractivity contribution in [2.45, 2.75) is 38.1 Å². The van der Waals surface area contributed by atoms with Crippen LogP contribution in [0.1, 0.15) is 36.7 Å². The Morgan fingerprint density at radius 3 is 2.36 bits per heavy atom. The van der Waals surface area contributed by atoms with E-state index in [1.54, 1.807) is 52.0 Å². The van der Waals surface area contributed by atoms with Crippen LogP contribution in [0.4, 0.5) is 5.69 Å². The van der Waals surface area contributed by atoms with E-state index in [1.165, 1.54) is 12.1 Å². The number of nitrogens with one attached hydrogen (secondary N) is 2. The van der Waals surface area contributed by atoms with E-state index in [2.05, 4.69) is 26.0 Å².